The second-order valence-electron chi connectivity index (χ2n) is 4.26. The van der Waals surface area contributed by atoms with Gasteiger partial charge in [0.15, 0.2) is 0 Å². The molecular weight excluding hydrogens is 276 g/mol. The maximum absolute atomic E-state index is 5.90. The number of ether oxygens (including phenoxy) is 2. The molecule has 5 heteroatoms. The fourth-order valence-corrected chi connectivity index (χ4v) is 2.06. The summed E-state index contributed by atoms with van der Waals surface area (Å²) in [5.41, 5.74) is 8.38. The minimum atomic E-state index is 0.596. The third kappa shape index (κ3) is 3.27. The molecule has 0 atom stereocenters. The Morgan fingerprint density at radius 2 is 1.90 bits per heavy atom. The Balaban J connectivity index is 2.14. The van der Waals surface area contributed by atoms with Gasteiger partial charge in [-0.3, -0.25) is 0 Å². The first-order valence-corrected chi connectivity index (χ1v) is 6.51. The van der Waals surface area contributed by atoms with E-state index in [1.54, 1.807) is 26.4 Å². The van der Waals surface area contributed by atoms with E-state index in [-0.39, 0.29) is 0 Å². The normalized spacial score (nSPS) is 10.2. The van der Waals surface area contributed by atoms with Crippen LogP contribution in [0.25, 0.3) is 0 Å². The van der Waals surface area contributed by atoms with E-state index in [9.17, 15) is 0 Å². The van der Waals surface area contributed by atoms with Gasteiger partial charge in [-0.1, -0.05) is 11.6 Å². The Labute approximate surface area is 123 Å². The number of hydrogen-bond donors (Lipinski definition) is 2. The number of anilines is 2. The molecule has 0 aromatic heterocycles. The third-order valence-electron chi connectivity index (χ3n) is 2.98. The summed E-state index contributed by atoms with van der Waals surface area (Å²) >= 11 is 5.87. The molecule has 106 valence electrons. The molecule has 0 amide bonds. The van der Waals surface area contributed by atoms with Crippen LogP contribution in [0.2, 0.25) is 5.02 Å². The lowest BCUT2D eigenvalue weighted by atomic mass is 10.1. The van der Waals surface area contributed by atoms with Crippen LogP contribution in [0.1, 0.15) is 5.56 Å². The van der Waals surface area contributed by atoms with Crippen LogP contribution in [0.15, 0.2) is 36.4 Å². The maximum atomic E-state index is 5.90. The number of halogens is 1. The Kier molecular flexibility index (Phi) is 4.58. The minimum Gasteiger partial charge on any atom is -0.497 e. The number of benzene rings is 2. The number of hydrogen-bond acceptors (Lipinski definition) is 4. The molecule has 0 saturated carbocycles. The quantitative estimate of drug-likeness (QED) is 0.828. The van der Waals surface area contributed by atoms with E-state index in [1.165, 1.54) is 0 Å². The molecule has 0 radical (unpaired) electrons. The van der Waals surface area contributed by atoms with Crippen molar-refractivity contribution >= 4 is 23.0 Å². The van der Waals surface area contributed by atoms with Gasteiger partial charge in [0.1, 0.15) is 11.5 Å². The predicted octanol–water partition coefficient (Wildman–Crippen LogP) is 3.55. The Bertz CT molecular complexity index is 602. The van der Waals surface area contributed by atoms with Crippen LogP contribution in [0.4, 0.5) is 11.4 Å². The highest BCUT2D eigenvalue weighted by Gasteiger charge is 2.06. The smallest absolute Gasteiger partial charge is 0.127 e. The average Bonchev–Trinajstić information content (AvgIpc) is 2.46. The van der Waals surface area contributed by atoms with Crippen molar-refractivity contribution in [3.63, 3.8) is 0 Å². The second kappa shape index (κ2) is 6.39. The van der Waals surface area contributed by atoms with Gasteiger partial charge in [-0.15, -0.1) is 0 Å². The van der Waals surface area contributed by atoms with Crippen LogP contribution in [0, 0.1) is 0 Å². The minimum absolute atomic E-state index is 0.596. The van der Waals surface area contributed by atoms with Crippen LogP contribution >= 0.6 is 11.6 Å². The Hall–Kier alpha value is -2.07. The molecule has 20 heavy (non-hydrogen) atoms. The van der Waals surface area contributed by atoms with Crippen molar-refractivity contribution < 1.29 is 9.47 Å². The molecule has 0 bridgehead atoms. The van der Waals surface area contributed by atoms with Crippen molar-refractivity contribution in [1.82, 2.24) is 0 Å². The van der Waals surface area contributed by atoms with E-state index >= 15 is 0 Å². The standard InChI is InChI=1S/C15H17ClN2O2/c1-19-12-5-3-10(15(8-12)20-2)9-18-14-6-4-11(16)7-13(14)17/h3-8,18H,9,17H2,1-2H3. The number of nitrogens with two attached hydrogens (primary N) is 1. The first-order chi connectivity index (χ1) is 9.63. The average molecular weight is 293 g/mol. The molecule has 3 N–H and O–H groups in total. The highest BCUT2D eigenvalue weighted by Crippen LogP contribution is 2.27. The molecule has 0 saturated heterocycles. The van der Waals surface area contributed by atoms with Crippen LogP contribution in [0.3, 0.4) is 0 Å². The Morgan fingerprint density at radius 3 is 2.55 bits per heavy atom. The zero-order valence-electron chi connectivity index (χ0n) is 11.4. The lowest BCUT2D eigenvalue weighted by Gasteiger charge is -2.13. The molecule has 2 aromatic carbocycles. The third-order valence-corrected chi connectivity index (χ3v) is 3.21. The van der Waals surface area contributed by atoms with Crippen LogP contribution in [-0.4, -0.2) is 14.2 Å². The van der Waals surface area contributed by atoms with E-state index in [1.807, 2.05) is 24.3 Å². The summed E-state index contributed by atoms with van der Waals surface area (Å²) in [6.45, 7) is 0.596. The number of nitrogens with one attached hydrogen (secondary N) is 1. The molecular formula is C15H17ClN2O2. The van der Waals surface area contributed by atoms with Crippen molar-refractivity contribution in [2.75, 3.05) is 25.3 Å². The van der Waals surface area contributed by atoms with Gasteiger partial charge in [-0.05, 0) is 30.3 Å². The van der Waals surface area contributed by atoms with E-state index in [4.69, 9.17) is 26.8 Å². The fraction of sp³-hybridized carbons (Fsp3) is 0.200. The van der Waals surface area contributed by atoms with Gasteiger partial charge in [-0.25, -0.2) is 0 Å². The van der Waals surface area contributed by atoms with Crippen LogP contribution < -0.4 is 20.5 Å². The Morgan fingerprint density at radius 1 is 1.10 bits per heavy atom. The van der Waals surface area contributed by atoms with Gasteiger partial charge in [0.25, 0.3) is 0 Å². The van der Waals surface area contributed by atoms with Gasteiger partial charge in [0, 0.05) is 23.2 Å². The van der Waals surface area contributed by atoms with Gasteiger partial charge in [-0.2, -0.15) is 0 Å². The summed E-state index contributed by atoms with van der Waals surface area (Å²) in [7, 11) is 3.26. The summed E-state index contributed by atoms with van der Waals surface area (Å²) in [5.74, 6) is 1.53. The number of methoxy groups -OCH3 is 2. The van der Waals surface area contributed by atoms with Crippen molar-refractivity contribution in [3.05, 3.63) is 47.0 Å². The maximum Gasteiger partial charge on any atom is 0.127 e. The zero-order chi connectivity index (χ0) is 14.5. The summed E-state index contributed by atoms with van der Waals surface area (Å²) in [5, 5.41) is 3.88. The summed E-state index contributed by atoms with van der Waals surface area (Å²) < 4.78 is 10.5. The van der Waals surface area contributed by atoms with Crippen LogP contribution in [-0.2, 0) is 6.54 Å². The van der Waals surface area contributed by atoms with Gasteiger partial charge in [0.05, 0.1) is 25.6 Å². The largest absolute Gasteiger partial charge is 0.497 e. The highest BCUT2D eigenvalue weighted by atomic mass is 35.5. The molecule has 4 nitrogen and oxygen atoms in total. The fourth-order valence-electron chi connectivity index (χ4n) is 1.88. The van der Waals surface area contributed by atoms with Crippen molar-refractivity contribution in [3.8, 4) is 11.5 Å². The SMILES string of the molecule is COc1ccc(CNc2ccc(Cl)cc2N)c(OC)c1. The highest BCUT2D eigenvalue weighted by molar-refractivity contribution is 6.31. The molecule has 0 spiro atoms. The zero-order valence-corrected chi connectivity index (χ0v) is 12.2. The van der Waals surface area contributed by atoms with E-state index in [0.29, 0.717) is 17.3 Å². The van der Waals surface area contributed by atoms with Gasteiger partial charge < -0.3 is 20.5 Å². The van der Waals surface area contributed by atoms with Crippen molar-refractivity contribution in [2.45, 2.75) is 6.54 Å². The topological polar surface area (TPSA) is 56.5 Å². The number of nitrogen functional groups attached to an aromatic ring is 1. The van der Waals surface area contributed by atoms with Crippen molar-refractivity contribution in [2.24, 2.45) is 0 Å². The van der Waals surface area contributed by atoms with E-state index < -0.39 is 0 Å². The summed E-state index contributed by atoms with van der Waals surface area (Å²) in [6.07, 6.45) is 0. The lowest BCUT2D eigenvalue weighted by molar-refractivity contribution is 0.391. The van der Waals surface area contributed by atoms with Gasteiger partial charge >= 0.3 is 0 Å². The molecule has 2 aromatic rings. The van der Waals surface area contributed by atoms with Crippen molar-refractivity contribution in [1.29, 1.82) is 0 Å². The predicted molar refractivity (Wildman–Crippen MR) is 82.7 cm³/mol. The molecule has 0 aliphatic rings. The first kappa shape index (κ1) is 14.3. The monoisotopic (exact) mass is 292 g/mol. The molecule has 0 fully saturated rings. The van der Waals surface area contributed by atoms with E-state index in [0.717, 1.165) is 22.7 Å². The van der Waals surface area contributed by atoms with Gasteiger partial charge in [0.2, 0.25) is 0 Å². The summed E-state index contributed by atoms with van der Waals surface area (Å²) in [4.78, 5) is 0. The lowest BCUT2D eigenvalue weighted by Crippen LogP contribution is -2.04. The summed E-state index contributed by atoms with van der Waals surface area (Å²) in [6, 6.07) is 11.1. The molecule has 2 rings (SSSR count). The molecule has 0 aliphatic carbocycles. The molecule has 0 unspecified atom stereocenters. The molecule has 0 aliphatic heterocycles. The number of rotatable bonds is 5. The molecule has 0 heterocycles. The second-order valence-corrected chi connectivity index (χ2v) is 4.70. The van der Waals surface area contributed by atoms with Crippen LogP contribution in [0.5, 0.6) is 11.5 Å². The first-order valence-electron chi connectivity index (χ1n) is 6.14. The van der Waals surface area contributed by atoms with E-state index in [2.05, 4.69) is 5.32 Å².